The van der Waals surface area contributed by atoms with Gasteiger partial charge >= 0.3 is 0 Å². The maximum Gasteiger partial charge on any atom is 0.0507 e. The lowest BCUT2D eigenvalue weighted by Crippen LogP contribution is -2.35. The molecule has 3 heteroatoms. The van der Waals surface area contributed by atoms with E-state index in [1.54, 1.807) is 0 Å². The summed E-state index contributed by atoms with van der Waals surface area (Å²) in [5, 5.41) is 3.55. The number of nitrogens with zero attached hydrogens (tertiary/aromatic N) is 1. The minimum atomic E-state index is 0.765. The zero-order valence-corrected chi connectivity index (χ0v) is 9.87. The van der Waals surface area contributed by atoms with Crippen molar-refractivity contribution in [1.29, 1.82) is 0 Å². The predicted molar refractivity (Wildman–Crippen MR) is 62.1 cm³/mol. The van der Waals surface area contributed by atoms with Crippen LogP contribution in [0.25, 0.3) is 0 Å². The van der Waals surface area contributed by atoms with Crippen LogP contribution in [-0.2, 0) is 4.74 Å². The van der Waals surface area contributed by atoms with E-state index in [0.717, 1.165) is 38.3 Å². The van der Waals surface area contributed by atoms with Gasteiger partial charge < -0.3 is 10.1 Å². The maximum atomic E-state index is 5.35. The van der Waals surface area contributed by atoms with E-state index in [2.05, 4.69) is 17.1 Å². The second-order valence-corrected chi connectivity index (χ2v) is 4.96. The molecular formula is C12H24N2O. The van der Waals surface area contributed by atoms with Crippen molar-refractivity contribution >= 4 is 0 Å². The lowest BCUT2D eigenvalue weighted by molar-refractivity contribution is 0.184. The Labute approximate surface area is 93.2 Å². The molecular weight excluding hydrogens is 188 g/mol. The minimum absolute atomic E-state index is 0.765. The number of rotatable bonds is 5. The summed E-state index contributed by atoms with van der Waals surface area (Å²) in [6.45, 7) is 9.08. The molecule has 2 rings (SSSR count). The first-order chi connectivity index (χ1) is 7.36. The minimum Gasteiger partial charge on any atom is -0.381 e. The van der Waals surface area contributed by atoms with Gasteiger partial charge in [0.05, 0.1) is 6.61 Å². The highest BCUT2D eigenvalue weighted by molar-refractivity contribution is 4.76. The summed E-state index contributed by atoms with van der Waals surface area (Å²) in [6, 6.07) is 0.807. The molecule has 1 N–H and O–H groups in total. The number of ether oxygens (including phenoxy) is 1. The highest BCUT2D eigenvalue weighted by atomic mass is 16.5. The summed E-state index contributed by atoms with van der Waals surface area (Å²) in [7, 11) is 0. The molecule has 2 unspecified atom stereocenters. The van der Waals surface area contributed by atoms with Gasteiger partial charge in [0.2, 0.25) is 0 Å². The van der Waals surface area contributed by atoms with E-state index in [-0.39, 0.29) is 0 Å². The van der Waals surface area contributed by atoms with Gasteiger partial charge in [-0.2, -0.15) is 0 Å². The van der Waals surface area contributed by atoms with Crippen molar-refractivity contribution in [3.8, 4) is 0 Å². The van der Waals surface area contributed by atoms with Crippen molar-refractivity contribution in [3.63, 3.8) is 0 Å². The zero-order valence-electron chi connectivity index (χ0n) is 9.87. The molecule has 2 aliphatic rings. The first-order valence-corrected chi connectivity index (χ1v) is 6.39. The van der Waals surface area contributed by atoms with Gasteiger partial charge in [-0.25, -0.2) is 0 Å². The quantitative estimate of drug-likeness (QED) is 0.691. The number of hydrogen-bond acceptors (Lipinski definition) is 3. The molecule has 3 nitrogen and oxygen atoms in total. The molecule has 0 amide bonds. The van der Waals surface area contributed by atoms with E-state index in [9.17, 15) is 0 Å². The van der Waals surface area contributed by atoms with Crippen molar-refractivity contribution < 1.29 is 4.74 Å². The Morgan fingerprint density at radius 1 is 1.40 bits per heavy atom. The van der Waals surface area contributed by atoms with Crippen molar-refractivity contribution in [3.05, 3.63) is 0 Å². The van der Waals surface area contributed by atoms with Gasteiger partial charge in [0, 0.05) is 32.3 Å². The summed E-state index contributed by atoms with van der Waals surface area (Å²) in [6.07, 6.45) is 4.02. The fourth-order valence-electron chi connectivity index (χ4n) is 2.60. The van der Waals surface area contributed by atoms with Crippen LogP contribution in [0.15, 0.2) is 0 Å². The van der Waals surface area contributed by atoms with Gasteiger partial charge in [0.1, 0.15) is 0 Å². The SMILES string of the molecule is CC1CCCN1CCNCC1CCOC1. The fourth-order valence-corrected chi connectivity index (χ4v) is 2.60. The maximum absolute atomic E-state index is 5.35. The van der Waals surface area contributed by atoms with Gasteiger partial charge in [-0.1, -0.05) is 0 Å². The number of hydrogen-bond donors (Lipinski definition) is 1. The zero-order chi connectivity index (χ0) is 10.5. The van der Waals surface area contributed by atoms with E-state index < -0.39 is 0 Å². The van der Waals surface area contributed by atoms with E-state index in [1.165, 1.54) is 32.4 Å². The van der Waals surface area contributed by atoms with E-state index in [1.807, 2.05) is 0 Å². The van der Waals surface area contributed by atoms with Gasteiger partial charge in [-0.15, -0.1) is 0 Å². The number of likely N-dealkylation sites (tertiary alicyclic amines) is 1. The normalized spacial score (nSPS) is 32.6. The van der Waals surface area contributed by atoms with Crippen molar-refractivity contribution in [2.45, 2.75) is 32.2 Å². The second kappa shape index (κ2) is 5.83. The van der Waals surface area contributed by atoms with Crippen molar-refractivity contribution in [2.24, 2.45) is 5.92 Å². The van der Waals surface area contributed by atoms with Crippen LogP contribution in [0, 0.1) is 5.92 Å². The molecule has 88 valence electrons. The highest BCUT2D eigenvalue weighted by Gasteiger charge is 2.19. The van der Waals surface area contributed by atoms with Crippen molar-refractivity contribution in [1.82, 2.24) is 10.2 Å². The summed E-state index contributed by atoms with van der Waals surface area (Å²) < 4.78 is 5.35. The Bertz CT molecular complexity index is 180. The van der Waals surface area contributed by atoms with Gasteiger partial charge in [0.15, 0.2) is 0 Å². The van der Waals surface area contributed by atoms with Gasteiger partial charge in [-0.05, 0) is 38.6 Å². The van der Waals surface area contributed by atoms with Crippen LogP contribution in [0.5, 0.6) is 0 Å². The van der Waals surface area contributed by atoms with Crippen LogP contribution < -0.4 is 5.32 Å². The summed E-state index contributed by atoms with van der Waals surface area (Å²) >= 11 is 0. The Morgan fingerprint density at radius 2 is 2.33 bits per heavy atom. The highest BCUT2D eigenvalue weighted by Crippen LogP contribution is 2.15. The number of nitrogens with one attached hydrogen (secondary N) is 1. The lowest BCUT2D eigenvalue weighted by Gasteiger charge is -2.21. The third-order valence-electron chi connectivity index (χ3n) is 3.72. The standard InChI is InChI=1S/C12H24N2O/c1-11-3-2-6-14(11)7-5-13-9-12-4-8-15-10-12/h11-13H,2-10H2,1H3. The molecule has 0 radical (unpaired) electrons. The average Bonchev–Trinajstić information content (AvgIpc) is 2.85. The molecule has 0 aliphatic carbocycles. The largest absolute Gasteiger partial charge is 0.381 e. The molecule has 2 heterocycles. The predicted octanol–water partition coefficient (Wildman–Crippen LogP) is 1.10. The van der Waals surface area contributed by atoms with E-state index >= 15 is 0 Å². The molecule has 2 atom stereocenters. The topological polar surface area (TPSA) is 24.5 Å². The molecule has 0 bridgehead atoms. The summed E-state index contributed by atoms with van der Waals surface area (Å²) in [5.74, 6) is 0.765. The van der Waals surface area contributed by atoms with Crippen LogP contribution in [0.2, 0.25) is 0 Å². The molecule has 2 fully saturated rings. The molecule has 2 saturated heterocycles. The molecule has 0 aromatic rings. The van der Waals surface area contributed by atoms with Crippen LogP contribution in [0.1, 0.15) is 26.2 Å². The molecule has 0 aromatic carbocycles. The smallest absolute Gasteiger partial charge is 0.0507 e. The Morgan fingerprint density at radius 3 is 3.00 bits per heavy atom. The van der Waals surface area contributed by atoms with Crippen LogP contribution in [0.3, 0.4) is 0 Å². The lowest BCUT2D eigenvalue weighted by atomic mass is 10.1. The third-order valence-corrected chi connectivity index (χ3v) is 3.72. The third kappa shape index (κ3) is 3.44. The van der Waals surface area contributed by atoms with Crippen LogP contribution >= 0.6 is 0 Å². The Hall–Kier alpha value is -0.120. The van der Waals surface area contributed by atoms with Crippen molar-refractivity contribution in [2.75, 3.05) is 39.4 Å². The van der Waals surface area contributed by atoms with Gasteiger partial charge in [-0.3, -0.25) is 4.90 Å². The molecule has 15 heavy (non-hydrogen) atoms. The summed E-state index contributed by atoms with van der Waals surface area (Å²) in [5.41, 5.74) is 0. The molecule has 0 aromatic heterocycles. The first kappa shape index (κ1) is 11.4. The molecule has 0 spiro atoms. The van der Waals surface area contributed by atoms with Gasteiger partial charge in [0.25, 0.3) is 0 Å². The summed E-state index contributed by atoms with van der Waals surface area (Å²) in [4.78, 5) is 2.60. The van der Waals surface area contributed by atoms with Crippen LogP contribution in [-0.4, -0.2) is 50.3 Å². The van der Waals surface area contributed by atoms with E-state index in [0.29, 0.717) is 0 Å². The fraction of sp³-hybridized carbons (Fsp3) is 1.00. The molecule has 2 aliphatic heterocycles. The van der Waals surface area contributed by atoms with E-state index in [4.69, 9.17) is 4.74 Å². The molecule has 0 saturated carbocycles. The second-order valence-electron chi connectivity index (χ2n) is 4.96. The van der Waals surface area contributed by atoms with Crippen LogP contribution in [0.4, 0.5) is 0 Å². The first-order valence-electron chi connectivity index (χ1n) is 6.39. The monoisotopic (exact) mass is 212 g/mol. The Kier molecular flexibility index (Phi) is 4.42. The Balaban J connectivity index is 1.51. The average molecular weight is 212 g/mol.